The van der Waals surface area contributed by atoms with E-state index in [-0.39, 0.29) is 11.7 Å². The van der Waals surface area contributed by atoms with Gasteiger partial charge in [-0.25, -0.2) is 4.39 Å². The number of nitrogen functional groups attached to an aromatic ring is 1. The van der Waals surface area contributed by atoms with Crippen LogP contribution in [0.2, 0.25) is 0 Å². The largest absolute Gasteiger partial charge is 0.394 e. The Labute approximate surface area is 119 Å². The molecule has 0 radical (unpaired) electrons. The summed E-state index contributed by atoms with van der Waals surface area (Å²) >= 11 is 3.22. The smallest absolute Gasteiger partial charge is 0.152 e. The Bertz CT molecular complexity index is 607. The van der Waals surface area contributed by atoms with E-state index in [9.17, 15) is 4.39 Å². The number of aryl methyl sites for hydroxylation is 1. The molecule has 2 rings (SSSR count). The molecule has 0 bridgehead atoms. The SMILES string of the molecule is CC(C)c1nn(C)c(Nc2ccc(Br)cc2F)c1N. The number of aromatic nitrogens is 2. The Balaban J connectivity index is 2.38. The highest BCUT2D eigenvalue weighted by molar-refractivity contribution is 9.10. The van der Waals surface area contributed by atoms with Gasteiger partial charge in [0.25, 0.3) is 0 Å². The topological polar surface area (TPSA) is 55.9 Å². The molecule has 0 saturated heterocycles. The van der Waals surface area contributed by atoms with E-state index in [1.807, 2.05) is 13.8 Å². The molecule has 1 aromatic heterocycles. The van der Waals surface area contributed by atoms with Crippen LogP contribution in [0.1, 0.15) is 25.5 Å². The van der Waals surface area contributed by atoms with Crippen LogP contribution in [0, 0.1) is 5.82 Å². The number of benzene rings is 1. The van der Waals surface area contributed by atoms with Gasteiger partial charge in [0.1, 0.15) is 5.82 Å². The van der Waals surface area contributed by atoms with Crippen molar-refractivity contribution in [2.45, 2.75) is 19.8 Å². The van der Waals surface area contributed by atoms with Crippen molar-refractivity contribution in [2.24, 2.45) is 7.05 Å². The van der Waals surface area contributed by atoms with Crippen LogP contribution in [-0.4, -0.2) is 9.78 Å². The molecule has 1 heterocycles. The van der Waals surface area contributed by atoms with E-state index in [0.29, 0.717) is 21.7 Å². The van der Waals surface area contributed by atoms with Crippen molar-refractivity contribution in [3.63, 3.8) is 0 Å². The third-order valence-corrected chi connectivity index (χ3v) is 3.34. The lowest BCUT2D eigenvalue weighted by molar-refractivity contribution is 0.630. The maximum absolute atomic E-state index is 13.8. The fraction of sp³-hybridized carbons (Fsp3) is 0.308. The molecule has 0 fully saturated rings. The van der Waals surface area contributed by atoms with Crippen LogP contribution in [0.25, 0.3) is 0 Å². The molecule has 0 spiro atoms. The summed E-state index contributed by atoms with van der Waals surface area (Å²) < 4.78 is 16.1. The second kappa shape index (κ2) is 5.21. The highest BCUT2D eigenvalue weighted by atomic mass is 79.9. The number of hydrogen-bond donors (Lipinski definition) is 2. The van der Waals surface area contributed by atoms with Crippen molar-refractivity contribution >= 4 is 33.1 Å². The Morgan fingerprint density at radius 3 is 2.63 bits per heavy atom. The van der Waals surface area contributed by atoms with E-state index < -0.39 is 0 Å². The minimum Gasteiger partial charge on any atom is -0.394 e. The summed E-state index contributed by atoms with van der Waals surface area (Å²) in [6, 6.07) is 4.82. The van der Waals surface area contributed by atoms with Crippen molar-refractivity contribution < 1.29 is 4.39 Å². The molecule has 0 saturated carbocycles. The van der Waals surface area contributed by atoms with Gasteiger partial charge in [-0.2, -0.15) is 5.10 Å². The van der Waals surface area contributed by atoms with Crippen LogP contribution in [0.4, 0.5) is 21.6 Å². The van der Waals surface area contributed by atoms with E-state index >= 15 is 0 Å². The summed E-state index contributed by atoms with van der Waals surface area (Å²) in [7, 11) is 1.78. The Morgan fingerprint density at radius 2 is 2.11 bits per heavy atom. The number of nitrogens with two attached hydrogens (primary N) is 1. The standard InChI is InChI=1S/C13H16BrFN4/c1-7(2)12-11(16)13(19(3)18-12)17-10-5-4-8(14)6-9(10)15/h4-7,17H,16H2,1-3H3. The predicted molar refractivity (Wildman–Crippen MR) is 79.1 cm³/mol. The monoisotopic (exact) mass is 326 g/mol. The Morgan fingerprint density at radius 1 is 1.42 bits per heavy atom. The quantitative estimate of drug-likeness (QED) is 0.902. The molecule has 0 amide bonds. The van der Waals surface area contributed by atoms with Crippen molar-refractivity contribution in [2.75, 3.05) is 11.1 Å². The Hall–Kier alpha value is -1.56. The number of nitrogens with one attached hydrogen (secondary N) is 1. The summed E-state index contributed by atoms with van der Waals surface area (Å²) in [5, 5.41) is 7.34. The number of hydrogen-bond acceptors (Lipinski definition) is 3. The first-order valence-electron chi connectivity index (χ1n) is 5.94. The molecule has 102 valence electrons. The van der Waals surface area contributed by atoms with Gasteiger partial charge < -0.3 is 11.1 Å². The molecule has 0 aliphatic heterocycles. The fourth-order valence-electron chi connectivity index (χ4n) is 1.85. The van der Waals surface area contributed by atoms with Gasteiger partial charge in [0.2, 0.25) is 0 Å². The van der Waals surface area contributed by atoms with Crippen molar-refractivity contribution in [1.29, 1.82) is 0 Å². The molecule has 0 aliphatic rings. The van der Waals surface area contributed by atoms with Crippen LogP contribution in [-0.2, 0) is 7.05 Å². The molecule has 3 N–H and O–H groups in total. The van der Waals surface area contributed by atoms with Gasteiger partial charge in [0, 0.05) is 11.5 Å². The van der Waals surface area contributed by atoms with Crippen LogP contribution >= 0.6 is 15.9 Å². The van der Waals surface area contributed by atoms with E-state index in [1.165, 1.54) is 6.07 Å². The number of halogens is 2. The molecule has 4 nitrogen and oxygen atoms in total. The zero-order chi connectivity index (χ0) is 14.2. The van der Waals surface area contributed by atoms with Gasteiger partial charge in [-0.15, -0.1) is 0 Å². The van der Waals surface area contributed by atoms with Gasteiger partial charge in [0.05, 0.1) is 17.1 Å². The van der Waals surface area contributed by atoms with E-state index in [2.05, 4.69) is 26.3 Å². The van der Waals surface area contributed by atoms with Crippen LogP contribution < -0.4 is 11.1 Å². The first kappa shape index (κ1) is 13.9. The third kappa shape index (κ3) is 2.73. The summed E-state index contributed by atoms with van der Waals surface area (Å²) in [6.07, 6.45) is 0. The minimum atomic E-state index is -0.346. The van der Waals surface area contributed by atoms with E-state index in [1.54, 1.807) is 23.9 Å². The van der Waals surface area contributed by atoms with Crippen molar-refractivity contribution in [3.8, 4) is 0 Å². The van der Waals surface area contributed by atoms with Gasteiger partial charge in [-0.3, -0.25) is 4.68 Å². The summed E-state index contributed by atoms with van der Waals surface area (Å²) in [5.74, 6) is 0.475. The molecular weight excluding hydrogens is 311 g/mol. The second-order valence-electron chi connectivity index (χ2n) is 4.67. The minimum absolute atomic E-state index is 0.219. The maximum Gasteiger partial charge on any atom is 0.152 e. The van der Waals surface area contributed by atoms with Crippen LogP contribution in [0.15, 0.2) is 22.7 Å². The van der Waals surface area contributed by atoms with Crippen LogP contribution in [0.3, 0.4) is 0 Å². The van der Waals surface area contributed by atoms with Gasteiger partial charge in [-0.05, 0) is 24.1 Å². The highest BCUT2D eigenvalue weighted by Gasteiger charge is 2.16. The normalized spacial score (nSPS) is 11.1. The first-order valence-corrected chi connectivity index (χ1v) is 6.74. The lowest BCUT2D eigenvalue weighted by Crippen LogP contribution is -2.02. The summed E-state index contributed by atoms with van der Waals surface area (Å²) in [5.41, 5.74) is 7.79. The highest BCUT2D eigenvalue weighted by Crippen LogP contribution is 2.31. The lowest BCUT2D eigenvalue weighted by atomic mass is 10.1. The molecule has 6 heteroatoms. The summed E-state index contributed by atoms with van der Waals surface area (Å²) in [4.78, 5) is 0. The molecule has 0 atom stereocenters. The number of anilines is 3. The van der Waals surface area contributed by atoms with E-state index in [0.717, 1.165) is 5.69 Å². The van der Waals surface area contributed by atoms with Gasteiger partial charge in [0.15, 0.2) is 5.82 Å². The fourth-order valence-corrected chi connectivity index (χ4v) is 2.19. The lowest BCUT2D eigenvalue weighted by Gasteiger charge is -2.09. The predicted octanol–water partition coefficient (Wildman–Crippen LogP) is 3.77. The van der Waals surface area contributed by atoms with Crippen molar-refractivity contribution in [3.05, 3.63) is 34.2 Å². The molecular formula is C13H16BrFN4. The average molecular weight is 327 g/mol. The zero-order valence-electron chi connectivity index (χ0n) is 11.0. The third-order valence-electron chi connectivity index (χ3n) is 2.84. The first-order chi connectivity index (χ1) is 8.90. The maximum atomic E-state index is 13.8. The van der Waals surface area contributed by atoms with Gasteiger partial charge >= 0.3 is 0 Å². The van der Waals surface area contributed by atoms with Crippen molar-refractivity contribution in [1.82, 2.24) is 9.78 Å². The molecule has 0 aliphatic carbocycles. The molecule has 2 aromatic rings. The molecule has 1 aromatic carbocycles. The number of rotatable bonds is 3. The number of nitrogens with zero attached hydrogens (tertiary/aromatic N) is 2. The van der Waals surface area contributed by atoms with Crippen LogP contribution in [0.5, 0.6) is 0 Å². The summed E-state index contributed by atoms with van der Waals surface area (Å²) in [6.45, 7) is 4.03. The second-order valence-corrected chi connectivity index (χ2v) is 5.59. The average Bonchev–Trinajstić information content (AvgIpc) is 2.60. The van der Waals surface area contributed by atoms with Gasteiger partial charge in [-0.1, -0.05) is 29.8 Å². The molecule has 0 unspecified atom stereocenters. The van der Waals surface area contributed by atoms with E-state index in [4.69, 9.17) is 5.73 Å². The molecule has 19 heavy (non-hydrogen) atoms. The zero-order valence-corrected chi connectivity index (χ0v) is 12.6. The Kier molecular flexibility index (Phi) is 3.80.